The van der Waals surface area contributed by atoms with E-state index in [1.165, 1.54) is 6.08 Å². The average Bonchev–Trinajstić information content (AvgIpc) is 2.36. The number of hydrogen-bond donors (Lipinski definition) is 0. The van der Waals surface area contributed by atoms with Crippen molar-refractivity contribution < 1.29 is 14.3 Å². The summed E-state index contributed by atoms with van der Waals surface area (Å²) in [6.45, 7) is 10.3. The quantitative estimate of drug-likeness (QED) is 0.747. The van der Waals surface area contributed by atoms with Gasteiger partial charge in [0.1, 0.15) is 5.60 Å². The van der Waals surface area contributed by atoms with Gasteiger partial charge in [-0.15, -0.1) is 0 Å². The van der Waals surface area contributed by atoms with Gasteiger partial charge in [0, 0.05) is 26.2 Å². The van der Waals surface area contributed by atoms with Crippen molar-refractivity contribution in [3.05, 3.63) is 12.7 Å². The molecule has 2 amide bonds. The third kappa shape index (κ3) is 4.87. The SMILES string of the molecule is C=CC(=O)N1CCCC[C@@H]1CN(C)C(=O)OC(C)(C)C. The molecular formula is C15H26N2O3. The highest BCUT2D eigenvalue weighted by molar-refractivity contribution is 5.87. The summed E-state index contributed by atoms with van der Waals surface area (Å²) in [4.78, 5) is 27.1. The molecule has 0 spiro atoms. The van der Waals surface area contributed by atoms with Gasteiger partial charge in [-0.05, 0) is 46.1 Å². The van der Waals surface area contributed by atoms with E-state index in [1.54, 1.807) is 16.8 Å². The van der Waals surface area contributed by atoms with Gasteiger partial charge in [-0.3, -0.25) is 4.79 Å². The maximum absolute atomic E-state index is 12.0. The number of likely N-dealkylation sites (N-methyl/N-ethyl adjacent to an activating group) is 1. The fourth-order valence-corrected chi connectivity index (χ4v) is 2.33. The molecule has 114 valence electrons. The standard InChI is InChI=1S/C15H26N2O3/c1-6-13(18)17-10-8-7-9-12(17)11-16(5)14(19)20-15(2,3)4/h6,12H,1,7-11H2,2-5H3/t12-/m1/s1. The molecule has 1 atom stereocenters. The Balaban J connectivity index is 2.62. The Morgan fingerprint density at radius 1 is 1.40 bits per heavy atom. The van der Waals surface area contributed by atoms with Gasteiger partial charge < -0.3 is 14.5 Å². The zero-order valence-electron chi connectivity index (χ0n) is 13.0. The lowest BCUT2D eigenvalue weighted by atomic mass is 10.0. The summed E-state index contributed by atoms with van der Waals surface area (Å²) in [5.41, 5.74) is -0.505. The molecule has 1 saturated heterocycles. The zero-order chi connectivity index (χ0) is 15.3. The van der Waals surface area contributed by atoms with Crippen LogP contribution in [0.25, 0.3) is 0 Å². The Labute approximate surface area is 121 Å². The van der Waals surface area contributed by atoms with Gasteiger partial charge in [0.15, 0.2) is 0 Å². The molecule has 0 aliphatic carbocycles. The van der Waals surface area contributed by atoms with Crippen molar-refractivity contribution in [3.8, 4) is 0 Å². The predicted octanol–water partition coefficient (Wildman–Crippen LogP) is 2.42. The van der Waals surface area contributed by atoms with E-state index in [0.29, 0.717) is 6.54 Å². The van der Waals surface area contributed by atoms with Gasteiger partial charge in [-0.2, -0.15) is 0 Å². The number of rotatable bonds is 3. The summed E-state index contributed by atoms with van der Waals surface area (Å²) >= 11 is 0. The first kappa shape index (κ1) is 16.5. The molecule has 1 aliphatic heterocycles. The van der Waals surface area contributed by atoms with Gasteiger partial charge in [-0.1, -0.05) is 6.58 Å². The third-order valence-electron chi connectivity index (χ3n) is 3.27. The Kier molecular flexibility index (Phi) is 5.60. The van der Waals surface area contributed by atoms with Crippen molar-refractivity contribution in [1.82, 2.24) is 9.80 Å². The van der Waals surface area contributed by atoms with Crippen LogP contribution >= 0.6 is 0 Å². The highest BCUT2D eigenvalue weighted by Crippen LogP contribution is 2.19. The van der Waals surface area contributed by atoms with Crippen LogP contribution in [0.3, 0.4) is 0 Å². The summed E-state index contributed by atoms with van der Waals surface area (Å²) < 4.78 is 5.33. The van der Waals surface area contributed by atoms with Crippen molar-refractivity contribution in [1.29, 1.82) is 0 Å². The van der Waals surface area contributed by atoms with Crippen LogP contribution < -0.4 is 0 Å². The van der Waals surface area contributed by atoms with Crippen LogP contribution in [0.5, 0.6) is 0 Å². The number of hydrogen-bond acceptors (Lipinski definition) is 3. The number of amides is 2. The van der Waals surface area contributed by atoms with E-state index in [9.17, 15) is 9.59 Å². The molecule has 5 nitrogen and oxygen atoms in total. The number of carbonyl (C=O) groups is 2. The summed E-state index contributed by atoms with van der Waals surface area (Å²) in [5, 5.41) is 0. The summed E-state index contributed by atoms with van der Waals surface area (Å²) in [5.74, 6) is -0.0627. The molecule has 1 fully saturated rings. The van der Waals surface area contributed by atoms with E-state index in [0.717, 1.165) is 25.8 Å². The van der Waals surface area contributed by atoms with Crippen molar-refractivity contribution in [3.63, 3.8) is 0 Å². The van der Waals surface area contributed by atoms with E-state index in [1.807, 2.05) is 20.8 Å². The molecule has 0 unspecified atom stereocenters. The van der Waals surface area contributed by atoms with Gasteiger partial charge in [0.2, 0.25) is 5.91 Å². The lowest BCUT2D eigenvalue weighted by Gasteiger charge is -2.37. The minimum Gasteiger partial charge on any atom is -0.444 e. The second-order valence-electron chi connectivity index (χ2n) is 6.25. The molecule has 1 rings (SSSR count). The molecule has 0 aromatic carbocycles. The molecule has 0 saturated carbocycles. The monoisotopic (exact) mass is 282 g/mol. The first-order chi connectivity index (χ1) is 9.24. The van der Waals surface area contributed by atoms with Crippen molar-refractivity contribution in [2.24, 2.45) is 0 Å². The minimum absolute atomic E-state index is 0.0479. The number of carbonyl (C=O) groups excluding carboxylic acids is 2. The Morgan fingerprint density at radius 2 is 2.05 bits per heavy atom. The lowest BCUT2D eigenvalue weighted by molar-refractivity contribution is -0.129. The molecule has 5 heteroatoms. The van der Waals surface area contributed by atoms with Crippen LogP contribution in [-0.4, -0.2) is 53.6 Å². The maximum Gasteiger partial charge on any atom is 0.410 e. The van der Waals surface area contributed by atoms with E-state index < -0.39 is 5.60 Å². The highest BCUT2D eigenvalue weighted by Gasteiger charge is 2.28. The van der Waals surface area contributed by atoms with E-state index in [4.69, 9.17) is 4.74 Å². The molecule has 0 aromatic rings. The van der Waals surface area contributed by atoms with Crippen LogP contribution in [0.1, 0.15) is 40.0 Å². The largest absolute Gasteiger partial charge is 0.444 e. The fraction of sp³-hybridized carbons (Fsp3) is 0.733. The normalized spacial score (nSPS) is 19.4. The van der Waals surface area contributed by atoms with Crippen molar-refractivity contribution in [2.75, 3.05) is 20.1 Å². The smallest absolute Gasteiger partial charge is 0.410 e. The molecule has 20 heavy (non-hydrogen) atoms. The van der Waals surface area contributed by atoms with E-state index in [2.05, 4.69) is 6.58 Å². The summed E-state index contributed by atoms with van der Waals surface area (Å²) in [6, 6.07) is 0.0479. The molecule has 0 N–H and O–H groups in total. The van der Waals surface area contributed by atoms with Gasteiger partial charge in [0.25, 0.3) is 0 Å². The van der Waals surface area contributed by atoms with Gasteiger partial charge in [0.05, 0.1) is 0 Å². The molecular weight excluding hydrogens is 256 g/mol. The molecule has 1 heterocycles. The molecule has 0 aromatic heterocycles. The number of likely N-dealkylation sites (tertiary alicyclic amines) is 1. The molecule has 1 aliphatic rings. The van der Waals surface area contributed by atoms with Crippen LogP contribution in [0.4, 0.5) is 4.79 Å². The van der Waals surface area contributed by atoms with Crippen molar-refractivity contribution in [2.45, 2.75) is 51.7 Å². The number of piperidine rings is 1. The minimum atomic E-state index is -0.505. The Morgan fingerprint density at radius 3 is 2.60 bits per heavy atom. The van der Waals surface area contributed by atoms with Crippen LogP contribution in [0.15, 0.2) is 12.7 Å². The van der Waals surface area contributed by atoms with E-state index >= 15 is 0 Å². The topological polar surface area (TPSA) is 49.9 Å². The Bertz CT molecular complexity index is 374. The maximum atomic E-state index is 12.0. The average molecular weight is 282 g/mol. The van der Waals surface area contributed by atoms with Crippen LogP contribution in [0, 0.1) is 0 Å². The molecule has 0 radical (unpaired) electrons. The third-order valence-corrected chi connectivity index (χ3v) is 3.27. The number of ether oxygens (including phenoxy) is 1. The summed E-state index contributed by atoms with van der Waals surface area (Å²) in [7, 11) is 1.71. The second kappa shape index (κ2) is 6.77. The second-order valence-corrected chi connectivity index (χ2v) is 6.25. The van der Waals surface area contributed by atoms with Crippen LogP contribution in [0.2, 0.25) is 0 Å². The van der Waals surface area contributed by atoms with E-state index in [-0.39, 0.29) is 18.0 Å². The zero-order valence-corrected chi connectivity index (χ0v) is 13.0. The fourth-order valence-electron chi connectivity index (χ4n) is 2.33. The number of nitrogens with zero attached hydrogens (tertiary/aromatic N) is 2. The Hall–Kier alpha value is -1.52. The van der Waals surface area contributed by atoms with Crippen LogP contribution in [-0.2, 0) is 9.53 Å². The first-order valence-electron chi connectivity index (χ1n) is 7.11. The molecule has 0 bridgehead atoms. The highest BCUT2D eigenvalue weighted by atomic mass is 16.6. The van der Waals surface area contributed by atoms with Crippen molar-refractivity contribution >= 4 is 12.0 Å². The summed E-state index contributed by atoms with van der Waals surface area (Å²) in [6.07, 6.45) is 3.98. The predicted molar refractivity (Wildman–Crippen MR) is 78.4 cm³/mol. The lowest BCUT2D eigenvalue weighted by Crippen LogP contribution is -2.49. The first-order valence-corrected chi connectivity index (χ1v) is 7.11. The van der Waals surface area contributed by atoms with Gasteiger partial charge >= 0.3 is 6.09 Å². The van der Waals surface area contributed by atoms with Gasteiger partial charge in [-0.25, -0.2) is 4.79 Å².